The minimum atomic E-state index is -3.34. The Morgan fingerprint density at radius 3 is 2.65 bits per heavy atom. The van der Waals surface area contributed by atoms with Crippen LogP contribution in [-0.4, -0.2) is 20.1 Å². The van der Waals surface area contributed by atoms with Crippen molar-refractivity contribution >= 4 is 21.4 Å². The first-order valence-corrected chi connectivity index (χ1v) is 8.81. The van der Waals surface area contributed by atoms with Crippen LogP contribution < -0.4 is 4.72 Å². The van der Waals surface area contributed by atoms with Crippen molar-refractivity contribution in [3.05, 3.63) is 57.8 Å². The monoisotopic (exact) mass is 311 g/mol. The van der Waals surface area contributed by atoms with E-state index in [-0.39, 0.29) is 12.4 Å². The van der Waals surface area contributed by atoms with Crippen molar-refractivity contribution in [2.24, 2.45) is 0 Å². The lowest BCUT2D eigenvalue weighted by Gasteiger charge is -2.07. The van der Waals surface area contributed by atoms with Crippen LogP contribution in [0.25, 0.3) is 0 Å². The van der Waals surface area contributed by atoms with E-state index in [1.54, 1.807) is 35.6 Å². The molecule has 108 valence electrons. The maximum Gasteiger partial charge on any atom is 0.215 e. The quantitative estimate of drug-likeness (QED) is 0.821. The minimum absolute atomic E-state index is 0.0642. The molecule has 0 radical (unpaired) electrons. The summed E-state index contributed by atoms with van der Waals surface area (Å²) < 4.78 is 26.5. The molecular weight excluding hydrogens is 294 g/mol. The van der Waals surface area contributed by atoms with Crippen molar-refractivity contribution in [3.8, 4) is 0 Å². The first kappa shape index (κ1) is 15.2. The Kier molecular flexibility index (Phi) is 5.31. The summed E-state index contributed by atoms with van der Waals surface area (Å²) in [5.74, 6) is -0.0642. The normalized spacial score (nSPS) is 11.7. The second-order valence-corrected chi connectivity index (χ2v) is 7.30. The van der Waals surface area contributed by atoms with Crippen LogP contribution in [0.1, 0.15) is 16.0 Å². The van der Waals surface area contributed by atoms with E-state index >= 15 is 0 Å². The van der Waals surface area contributed by atoms with Gasteiger partial charge in [-0.05, 0) is 29.0 Å². The third-order valence-electron chi connectivity index (χ3n) is 2.80. The lowest BCUT2D eigenvalue weighted by Crippen LogP contribution is -2.27. The van der Waals surface area contributed by atoms with Gasteiger partial charge in [0.15, 0.2) is 0 Å². The van der Waals surface area contributed by atoms with Crippen molar-refractivity contribution in [2.45, 2.75) is 18.8 Å². The Morgan fingerprint density at radius 1 is 1.15 bits per heavy atom. The van der Waals surface area contributed by atoms with Gasteiger partial charge in [-0.25, -0.2) is 13.1 Å². The number of aliphatic hydroxyl groups excluding tert-OH is 1. The summed E-state index contributed by atoms with van der Waals surface area (Å²) in [5.41, 5.74) is 1.40. The van der Waals surface area contributed by atoms with E-state index in [4.69, 9.17) is 5.11 Å². The summed E-state index contributed by atoms with van der Waals surface area (Å²) in [6.07, 6.45) is 0.702. The first-order valence-electron chi connectivity index (χ1n) is 6.27. The van der Waals surface area contributed by atoms with Crippen LogP contribution in [0.15, 0.2) is 41.8 Å². The molecule has 1 aromatic heterocycles. The average Bonchev–Trinajstić information content (AvgIpc) is 2.91. The molecule has 0 aliphatic carbocycles. The molecule has 0 unspecified atom stereocenters. The van der Waals surface area contributed by atoms with Gasteiger partial charge >= 0.3 is 0 Å². The number of sulfonamides is 1. The molecule has 4 nitrogen and oxygen atoms in total. The molecule has 0 bridgehead atoms. The number of hydrogen-bond donors (Lipinski definition) is 2. The zero-order valence-corrected chi connectivity index (χ0v) is 12.6. The predicted molar refractivity (Wildman–Crippen MR) is 81.0 cm³/mol. The molecule has 0 amide bonds. The third kappa shape index (κ3) is 4.72. The topological polar surface area (TPSA) is 66.4 Å². The maximum atomic E-state index is 12.0. The summed E-state index contributed by atoms with van der Waals surface area (Å²) in [5, 5.41) is 11.0. The van der Waals surface area contributed by atoms with Crippen LogP contribution in [0.3, 0.4) is 0 Å². The number of rotatable bonds is 7. The lowest BCUT2D eigenvalue weighted by atomic mass is 10.1. The van der Waals surface area contributed by atoms with Gasteiger partial charge < -0.3 is 5.11 Å². The van der Waals surface area contributed by atoms with Crippen molar-refractivity contribution in [1.29, 1.82) is 0 Å². The highest BCUT2D eigenvalue weighted by Crippen LogP contribution is 2.10. The first-order chi connectivity index (χ1) is 9.59. The van der Waals surface area contributed by atoms with Crippen LogP contribution in [0, 0.1) is 0 Å². The zero-order valence-electron chi connectivity index (χ0n) is 11.0. The van der Waals surface area contributed by atoms with Gasteiger partial charge in [-0.3, -0.25) is 0 Å². The molecule has 0 fully saturated rings. The molecule has 2 aromatic rings. The van der Waals surface area contributed by atoms with Gasteiger partial charge in [0.05, 0.1) is 12.4 Å². The molecule has 0 atom stereocenters. The fourth-order valence-electron chi connectivity index (χ4n) is 1.87. The van der Waals surface area contributed by atoms with E-state index in [0.29, 0.717) is 18.5 Å². The van der Waals surface area contributed by atoms with Gasteiger partial charge in [0.25, 0.3) is 0 Å². The van der Waals surface area contributed by atoms with E-state index in [0.717, 1.165) is 10.4 Å². The van der Waals surface area contributed by atoms with Crippen molar-refractivity contribution in [1.82, 2.24) is 4.72 Å². The van der Waals surface area contributed by atoms with Gasteiger partial charge in [0.2, 0.25) is 10.0 Å². The molecule has 2 rings (SSSR count). The van der Waals surface area contributed by atoms with Gasteiger partial charge in [-0.1, -0.05) is 30.3 Å². The minimum Gasteiger partial charge on any atom is -0.392 e. The molecule has 0 saturated carbocycles. The van der Waals surface area contributed by atoms with Gasteiger partial charge in [-0.2, -0.15) is 0 Å². The molecule has 2 N–H and O–H groups in total. The van der Waals surface area contributed by atoms with Crippen LogP contribution in [0.5, 0.6) is 0 Å². The Hall–Kier alpha value is -1.21. The molecule has 0 saturated heterocycles. The zero-order chi connectivity index (χ0) is 14.4. The second kappa shape index (κ2) is 6.99. The number of benzene rings is 1. The molecular formula is C14H17NO3S2. The molecule has 1 heterocycles. The Labute approximate surface area is 123 Å². The third-order valence-corrected chi connectivity index (χ3v) is 5.10. The smallest absolute Gasteiger partial charge is 0.215 e. The van der Waals surface area contributed by atoms with E-state index in [1.807, 2.05) is 17.5 Å². The van der Waals surface area contributed by atoms with E-state index in [1.165, 1.54) is 0 Å². The van der Waals surface area contributed by atoms with Crippen LogP contribution in [-0.2, 0) is 28.8 Å². The summed E-state index contributed by atoms with van der Waals surface area (Å²) in [7, 11) is -3.34. The predicted octanol–water partition coefficient (Wildman–Crippen LogP) is 1.90. The average molecular weight is 311 g/mol. The molecule has 6 heteroatoms. The van der Waals surface area contributed by atoms with Crippen LogP contribution in [0.4, 0.5) is 0 Å². The highest BCUT2D eigenvalue weighted by molar-refractivity contribution is 7.88. The fourth-order valence-corrected chi connectivity index (χ4v) is 3.72. The summed E-state index contributed by atoms with van der Waals surface area (Å²) in [6.45, 7) is 0.322. The van der Waals surface area contributed by atoms with Gasteiger partial charge in [-0.15, -0.1) is 11.3 Å². The summed E-state index contributed by atoms with van der Waals surface area (Å²) in [6, 6.07) is 10.9. The van der Waals surface area contributed by atoms with E-state index in [2.05, 4.69) is 4.72 Å². The number of thiophene rings is 1. The Balaban J connectivity index is 1.89. The van der Waals surface area contributed by atoms with Crippen molar-refractivity contribution < 1.29 is 13.5 Å². The maximum absolute atomic E-state index is 12.0. The van der Waals surface area contributed by atoms with Crippen LogP contribution in [0.2, 0.25) is 0 Å². The number of hydrogen-bond acceptors (Lipinski definition) is 4. The molecule has 20 heavy (non-hydrogen) atoms. The van der Waals surface area contributed by atoms with E-state index in [9.17, 15) is 8.42 Å². The summed E-state index contributed by atoms with van der Waals surface area (Å²) >= 11 is 1.62. The highest BCUT2D eigenvalue weighted by Gasteiger charge is 2.11. The Morgan fingerprint density at radius 2 is 1.95 bits per heavy atom. The molecule has 1 aromatic carbocycles. The summed E-state index contributed by atoms with van der Waals surface area (Å²) in [4.78, 5) is 1.16. The lowest BCUT2D eigenvalue weighted by molar-refractivity contribution is 0.282. The van der Waals surface area contributed by atoms with Crippen molar-refractivity contribution in [2.75, 3.05) is 6.54 Å². The standard InChI is InChI=1S/C14H17NO3S2/c16-10-12-3-1-4-13(9-12)11-20(17,18)15-7-6-14-5-2-8-19-14/h1-5,8-9,15-16H,6-7,10-11H2. The SMILES string of the molecule is O=S(=O)(Cc1cccc(CO)c1)NCCc1cccs1. The van der Waals surface area contributed by atoms with Crippen molar-refractivity contribution in [3.63, 3.8) is 0 Å². The highest BCUT2D eigenvalue weighted by atomic mass is 32.2. The number of nitrogens with one attached hydrogen (secondary N) is 1. The van der Waals surface area contributed by atoms with E-state index < -0.39 is 10.0 Å². The Bertz CT molecular complexity index is 636. The number of aliphatic hydroxyl groups is 1. The van der Waals surface area contributed by atoms with Gasteiger partial charge in [0.1, 0.15) is 0 Å². The molecule has 0 aliphatic heterocycles. The molecule has 0 aliphatic rings. The second-order valence-electron chi connectivity index (χ2n) is 4.46. The largest absolute Gasteiger partial charge is 0.392 e. The fraction of sp³-hybridized carbons (Fsp3) is 0.286. The molecule has 0 spiro atoms. The van der Waals surface area contributed by atoms with Crippen LogP contribution >= 0.6 is 11.3 Å². The van der Waals surface area contributed by atoms with Gasteiger partial charge in [0, 0.05) is 11.4 Å².